The third kappa shape index (κ3) is 4.22. The number of nitrogens with zero attached hydrogens (tertiary/aromatic N) is 1. The highest BCUT2D eigenvalue weighted by Gasteiger charge is 2.26. The van der Waals surface area contributed by atoms with E-state index in [9.17, 15) is 8.42 Å². The molecule has 0 heterocycles. The van der Waals surface area contributed by atoms with Crippen molar-refractivity contribution in [2.45, 2.75) is 35.4 Å². The fourth-order valence-electron chi connectivity index (χ4n) is 2.70. The summed E-state index contributed by atoms with van der Waals surface area (Å²) in [6.07, 6.45) is 5.64. The number of benzene rings is 1. The van der Waals surface area contributed by atoms with E-state index < -0.39 is 9.84 Å². The molecule has 0 aromatic heterocycles. The van der Waals surface area contributed by atoms with Gasteiger partial charge in [0.15, 0.2) is 9.84 Å². The molecule has 2 atom stereocenters. The molecule has 1 N–H and O–H groups in total. The van der Waals surface area contributed by atoms with Crippen molar-refractivity contribution in [1.29, 1.82) is 5.26 Å². The van der Waals surface area contributed by atoms with Gasteiger partial charge >= 0.3 is 0 Å². The molecule has 1 aliphatic carbocycles. The van der Waals surface area contributed by atoms with Crippen molar-refractivity contribution < 1.29 is 8.42 Å². The Bertz CT molecular complexity index is 623. The lowest BCUT2D eigenvalue weighted by Crippen LogP contribution is -2.37. The first-order chi connectivity index (χ1) is 10.1. The van der Waals surface area contributed by atoms with Gasteiger partial charge in [-0.3, -0.25) is 0 Å². The van der Waals surface area contributed by atoms with Crippen LogP contribution < -0.4 is 5.32 Å². The van der Waals surface area contributed by atoms with Crippen LogP contribution in [-0.2, 0) is 9.84 Å². The van der Waals surface area contributed by atoms with Crippen LogP contribution in [-0.4, -0.2) is 38.3 Å². The van der Waals surface area contributed by atoms with E-state index in [0.29, 0.717) is 23.4 Å². The van der Waals surface area contributed by atoms with Gasteiger partial charge in [-0.1, -0.05) is 12.5 Å². The van der Waals surface area contributed by atoms with Crippen molar-refractivity contribution in [2.24, 2.45) is 0 Å². The summed E-state index contributed by atoms with van der Waals surface area (Å²) in [5, 5.41) is 12.8. The fourth-order valence-corrected chi connectivity index (χ4v) is 4.88. The van der Waals surface area contributed by atoms with Gasteiger partial charge in [0.2, 0.25) is 0 Å². The molecular formula is C15H20N2O2S2. The minimum Gasteiger partial charge on any atom is -0.312 e. The van der Waals surface area contributed by atoms with Crippen LogP contribution in [0.1, 0.15) is 24.8 Å². The van der Waals surface area contributed by atoms with E-state index in [4.69, 9.17) is 5.26 Å². The minimum absolute atomic E-state index is 0.0689. The zero-order valence-electron chi connectivity index (χ0n) is 12.1. The van der Waals surface area contributed by atoms with Crippen LogP contribution in [0, 0.1) is 11.3 Å². The van der Waals surface area contributed by atoms with E-state index in [0.717, 1.165) is 6.42 Å². The summed E-state index contributed by atoms with van der Waals surface area (Å²) >= 11 is 1.85. The van der Waals surface area contributed by atoms with Gasteiger partial charge in [0, 0.05) is 17.8 Å². The number of thioether (sulfide) groups is 1. The van der Waals surface area contributed by atoms with Crippen molar-refractivity contribution in [3.8, 4) is 6.07 Å². The Morgan fingerprint density at radius 1 is 1.43 bits per heavy atom. The Morgan fingerprint density at radius 3 is 2.95 bits per heavy atom. The predicted molar refractivity (Wildman–Crippen MR) is 86.2 cm³/mol. The van der Waals surface area contributed by atoms with E-state index in [1.807, 2.05) is 17.8 Å². The van der Waals surface area contributed by atoms with Crippen molar-refractivity contribution in [3.63, 3.8) is 0 Å². The molecule has 4 nitrogen and oxygen atoms in total. The third-order valence-corrected chi connectivity index (χ3v) is 6.74. The van der Waals surface area contributed by atoms with E-state index in [2.05, 4.69) is 11.6 Å². The first-order valence-corrected chi connectivity index (χ1v) is 10.00. The Balaban J connectivity index is 1.94. The maximum absolute atomic E-state index is 12.3. The quantitative estimate of drug-likeness (QED) is 0.869. The fraction of sp³-hybridized carbons (Fsp3) is 0.533. The highest BCUT2D eigenvalue weighted by atomic mass is 32.2. The number of hydrogen-bond donors (Lipinski definition) is 1. The molecule has 0 saturated heterocycles. The van der Waals surface area contributed by atoms with Gasteiger partial charge in [-0.15, -0.1) is 0 Å². The molecule has 0 spiro atoms. The highest BCUT2D eigenvalue weighted by molar-refractivity contribution is 7.99. The topological polar surface area (TPSA) is 70.0 Å². The lowest BCUT2D eigenvalue weighted by Gasteiger charge is -2.19. The Labute approximate surface area is 130 Å². The highest BCUT2D eigenvalue weighted by Crippen LogP contribution is 2.28. The number of rotatable bonds is 6. The van der Waals surface area contributed by atoms with Crippen LogP contribution in [0.25, 0.3) is 0 Å². The first-order valence-electron chi connectivity index (χ1n) is 7.06. The molecule has 21 heavy (non-hydrogen) atoms. The molecule has 114 valence electrons. The summed E-state index contributed by atoms with van der Waals surface area (Å²) in [5.74, 6) is 0.0689. The normalized spacial score (nSPS) is 22.1. The molecule has 1 aromatic rings. The summed E-state index contributed by atoms with van der Waals surface area (Å²) in [6, 6.07) is 8.60. The van der Waals surface area contributed by atoms with Crippen molar-refractivity contribution >= 4 is 21.6 Å². The third-order valence-electron chi connectivity index (χ3n) is 3.85. The molecule has 0 amide bonds. The van der Waals surface area contributed by atoms with Crippen LogP contribution in [0.5, 0.6) is 0 Å². The van der Waals surface area contributed by atoms with E-state index in [1.54, 1.807) is 18.2 Å². The largest absolute Gasteiger partial charge is 0.312 e. The maximum Gasteiger partial charge on any atom is 0.179 e. The zero-order valence-corrected chi connectivity index (χ0v) is 13.7. The van der Waals surface area contributed by atoms with Crippen LogP contribution in [0.3, 0.4) is 0 Å². The van der Waals surface area contributed by atoms with Gasteiger partial charge in [0.1, 0.15) is 0 Å². The molecule has 0 aliphatic heterocycles. The second kappa shape index (κ2) is 7.30. The predicted octanol–water partition coefficient (Wildman–Crippen LogP) is 2.21. The average Bonchev–Trinajstić information content (AvgIpc) is 2.94. The molecule has 1 saturated carbocycles. The molecule has 0 radical (unpaired) electrons. The second-order valence-electron chi connectivity index (χ2n) is 5.22. The minimum atomic E-state index is -3.33. The molecule has 2 rings (SSSR count). The molecule has 1 fully saturated rings. The second-order valence-corrected chi connectivity index (χ2v) is 8.41. The lowest BCUT2D eigenvalue weighted by atomic mass is 10.2. The van der Waals surface area contributed by atoms with E-state index in [-0.39, 0.29) is 10.6 Å². The van der Waals surface area contributed by atoms with Gasteiger partial charge < -0.3 is 5.32 Å². The SMILES string of the molecule is CSC1CCCC1NCCS(=O)(=O)c1cccc(C#N)c1. The molecule has 1 aliphatic rings. The molecular weight excluding hydrogens is 304 g/mol. The first kappa shape index (κ1) is 16.3. The Morgan fingerprint density at radius 2 is 2.24 bits per heavy atom. The summed E-state index contributed by atoms with van der Waals surface area (Å²) < 4.78 is 24.5. The number of nitrogens with one attached hydrogen (secondary N) is 1. The number of sulfone groups is 1. The summed E-state index contributed by atoms with van der Waals surface area (Å²) in [5.41, 5.74) is 0.377. The Kier molecular flexibility index (Phi) is 5.68. The average molecular weight is 324 g/mol. The molecule has 6 heteroatoms. The summed E-state index contributed by atoms with van der Waals surface area (Å²) in [7, 11) is -3.33. The van der Waals surface area contributed by atoms with Crippen molar-refractivity contribution in [1.82, 2.24) is 5.32 Å². The van der Waals surface area contributed by atoms with Crippen molar-refractivity contribution in [2.75, 3.05) is 18.6 Å². The van der Waals surface area contributed by atoms with Gasteiger partial charge in [-0.25, -0.2) is 8.42 Å². The monoisotopic (exact) mass is 324 g/mol. The van der Waals surface area contributed by atoms with Gasteiger partial charge in [0.05, 0.1) is 22.3 Å². The van der Waals surface area contributed by atoms with Gasteiger partial charge in [-0.05, 0) is 37.3 Å². The number of nitriles is 1. The van der Waals surface area contributed by atoms with Crippen LogP contribution in [0.4, 0.5) is 0 Å². The van der Waals surface area contributed by atoms with Crippen LogP contribution >= 0.6 is 11.8 Å². The zero-order chi connectivity index (χ0) is 15.3. The smallest absolute Gasteiger partial charge is 0.179 e. The molecule has 0 bridgehead atoms. The van der Waals surface area contributed by atoms with E-state index >= 15 is 0 Å². The molecule has 2 unspecified atom stereocenters. The van der Waals surface area contributed by atoms with Gasteiger partial charge in [-0.2, -0.15) is 17.0 Å². The Hall–Kier alpha value is -1.03. The summed E-state index contributed by atoms with van der Waals surface area (Å²) in [4.78, 5) is 0.233. The van der Waals surface area contributed by atoms with Crippen LogP contribution in [0.2, 0.25) is 0 Å². The van der Waals surface area contributed by atoms with Crippen LogP contribution in [0.15, 0.2) is 29.2 Å². The summed E-state index contributed by atoms with van der Waals surface area (Å²) in [6.45, 7) is 0.459. The molecule has 1 aromatic carbocycles. The van der Waals surface area contributed by atoms with Crippen molar-refractivity contribution in [3.05, 3.63) is 29.8 Å². The van der Waals surface area contributed by atoms with E-state index in [1.165, 1.54) is 18.9 Å². The lowest BCUT2D eigenvalue weighted by molar-refractivity contribution is 0.543. The number of hydrogen-bond acceptors (Lipinski definition) is 5. The maximum atomic E-state index is 12.3. The standard InChI is InChI=1S/C15H20N2O2S2/c1-20-15-7-3-6-14(15)17-8-9-21(18,19)13-5-2-4-12(10-13)11-16/h2,4-5,10,14-15,17H,3,6-9H2,1H3. The van der Waals surface area contributed by atoms with Gasteiger partial charge in [0.25, 0.3) is 0 Å².